The van der Waals surface area contributed by atoms with Crippen LogP contribution in [0, 0.1) is 23.2 Å². The molecule has 0 spiro atoms. The fourth-order valence-electron chi connectivity index (χ4n) is 6.02. The molecule has 0 radical (unpaired) electrons. The van der Waals surface area contributed by atoms with Gasteiger partial charge in [-0.15, -0.1) is 0 Å². The summed E-state index contributed by atoms with van der Waals surface area (Å²) < 4.78 is 31.7. The lowest BCUT2D eigenvalue weighted by Gasteiger charge is -2.56. The van der Waals surface area contributed by atoms with E-state index in [9.17, 15) is 13.2 Å². The Morgan fingerprint density at radius 2 is 1.64 bits per heavy atom. The van der Waals surface area contributed by atoms with Crippen LogP contribution in [0.5, 0.6) is 0 Å². The number of benzene rings is 1. The highest BCUT2D eigenvalue weighted by Crippen LogP contribution is 2.59. The lowest BCUT2D eigenvalue weighted by atomic mass is 9.49. The first-order valence-corrected chi connectivity index (χ1v) is 11.7. The zero-order valence-electron chi connectivity index (χ0n) is 16.4. The van der Waals surface area contributed by atoms with E-state index in [-0.39, 0.29) is 17.3 Å². The SMILES string of the molecule is COCCNS(=O)(=O)c1ccc(C(=O)NCC23CC4CC(CC(C4)C2)C3)cc1. The summed E-state index contributed by atoms with van der Waals surface area (Å²) in [6.45, 7) is 1.27. The van der Waals surface area contributed by atoms with Crippen molar-refractivity contribution in [3.05, 3.63) is 29.8 Å². The molecule has 4 aliphatic carbocycles. The van der Waals surface area contributed by atoms with Crippen molar-refractivity contribution in [3.63, 3.8) is 0 Å². The van der Waals surface area contributed by atoms with Gasteiger partial charge in [0.2, 0.25) is 10.0 Å². The Labute approximate surface area is 167 Å². The maximum absolute atomic E-state index is 12.6. The lowest BCUT2D eigenvalue weighted by molar-refractivity contribution is -0.0503. The van der Waals surface area contributed by atoms with Crippen molar-refractivity contribution in [2.24, 2.45) is 23.2 Å². The van der Waals surface area contributed by atoms with Crippen LogP contribution in [-0.2, 0) is 14.8 Å². The molecule has 6 nitrogen and oxygen atoms in total. The highest BCUT2D eigenvalue weighted by Gasteiger charge is 2.50. The van der Waals surface area contributed by atoms with Gasteiger partial charge in [0.15, 0.2) is 0 Å². The molecule has 0 heterocycles. The number of methoxy groups -OCH3 is 1. The first kappa shape index (κ1) is 19.9. The van der Waals surface area contributed by atoms with E-state index in [2.05, 4.69) is 10.0 Å². The average Bonchev–Trinajstić information content (AvgIpc) is 2.65. The summed E-state index contributed by atoms with van der Waals surface area (Å²) in [6, 6.07) is 6.13. The minimum atomic E-state index is -3.58. The molecule has 1 aromatic rings. The minimum absolute atomic E-state index is 0.118. The molecule has 5 rings (SSSR count). The fraction of sp³-hybridized carbons (Fsp3) is 0.667. The number of rotatable bonds is 8. The first-order chi connectivity index (χ1) is 13.4. The Bertz CT molecular complexity index is 784. The summed E-state index contributed by atoms with van der Waals surface area (Å²) in [5, 5.41) is 3.14. The zero-order chi connectivity index (χ0) is 19.8. The van der Waals surface area contributed by atoms with Crippen molar-refractivity contribution in [3.8, 4) is 0 Å². The number of nitrogens with one attached hydrogen (secondary N) is 2. The molecular weight excluding hydrogens is 376 g/mol. The smallest absolute Gasteiger partial charge is 0.251 e. The number of ether oxygens (including phenoxy) is 1. The van der Waals surface area contributed by atoms with E-state index in [1.54, 1.807) is 12.1 Å². The topological polar surface area (TPSA) is 84.5 Å². The van der Waals surface area contributed by atoms with Gasteiger partial charge in [0.25, 0.3) is 5.91 Å². The molecule has 0 aliphatic heterocycles. The van der Waals surface area contributed by atoms with Crippen molar-refractivity contribution in [2.45, 2.75) is 43.4 Å². The molecule has 0 unspecified atom stereocenters. The van der Waals surface area contributed by atoms with Crippen LogP contribution in [0.25, 0.3) is 0 Å². The number of carbonyl (C=O) groups excluding carboxylic acids is 1. The second-order valence-corrected chi connectivity index (χ2v) is 10.8. The van der Waals surface area contributed by atoms with E-state index in [4.69, 9.17) is 4.74 Å². The third-order valence-corrected chi connectivity index (χ3v) is 8.29. The van der Waals surface area contributed by atoms with Gasteiger partial charge in [-0.2, -0.15) is 0 Å². The molecular formula is C21H30N2O4S. The molecule has 28 heavy (non-hydrogen) atoms. The van der Waals surface area contributed by atoms with Gasteiger partial charge < -0.3 is 10.1 Å². The Balaban J connectivity index is 1.35. The minimum Gasteiger partial charge on any atom is -0.383 e. The molecule has 0 atom stereocenters. The summed E-state index contributed by atoms with van der Waals surface area (Å²) in [5.41, 5.74) is 0.791. The normalized spacial score (nSPS) is 31.1. The van der Waals surface area contributed by atoms with E-state index >= 15 is 0 Å². The van der Waals surface area contributed by atoms with Gasteiger partial charge in [0, 0.05) is 25.8 Å². The monoisotopic (exact) mass is 406 g/mol. The molecule has 2 N–H and O–H groups in total. The number of amides is 1. The number of hydrogen-bond donors (Lipinski definition) is 2. The van der Waals surface area contributed by atoms with Crippen LogP contribution in [-0.4, -0.2) is 41.1 Å². The van der Waals surface area contributed by atoms with E-state index in [0.717, 1.165) is 24.3 Å². The molecule has 4 bridgehead atoms. The van der Waals surface area contributed by atoms with Crippen LogP contribution < -0.4 is 10.0 Å². The van der Waals surface area contributed by atoms with E-state index in [0.29, 0.717) is 17.6 Å². The molecule has 0 aromatic heterocycles. The molecule has 4 saturated carbocycles. The van der Waals surface area contributed by atoms with Gasteiger partial charge in [-0.05, 0) is 86.0 Å². The molecule has 0 saturated heterocycles. The predicted octanol–water partition coefficient (Wildman–Crippen LogP) is 2.56. The maximum Gasteiger partial charge on any atom is 0.251 e. The van der Waals surface area contributed by atoms with Gasteiger partial charge in [-0.3, -0.25) is 4.79 Å². The first-order valence-electron chi connectivity index (χ1n) is 10.3. The Morgan fingerprint density at radius 3 is 2.18 bits per heavy atom. The van der Waals surface area contributed by atoms with Crippen molar-refractivity contribution < 1.29 is 17.9 Å². The Morgan fingerprint density at radius 1 is 1.07 bits per heavy atom. The summed E-state index contributed by atoms with van der Waals surface area (Å²) in [4.78, 5) is 12.8. The predicted molar refractivity (Wildman–Crippen MR) is 106 cm³/mol. The number of sulfonamides is 1. The quantitative estimate of drug-likeness (QED) is 0.650. The van der Waals surface area contributed by atoms with Gasteiger partial charge in [-0.1, -0.05) is 0 Å². The Hall–Kier alpha value is -1.44. The van der Waals surface area contributed by atoms with E-state index in [1.165, 1.54) is 57.8 Å². The fourth-order valence-corrected chi connectivity index (χ4v) is 7.04. The van der Waals surface area contributed by atoms with Crippen LogP contribution in [0.1, 0.15) is 48.9 Å². The standard InChI is InChI=1S/C21H30N2O4S/c1-27-7-6-23-28(25,26)19-4-2-18(3-5-19)20(24)22-14-21-11-15-8-16(12-21)10-17(9-15)13-21/h2-5,15-17,23H,6-14H2,1H3,(H,22,24). The summed E-state index contributed by atoms with van der Waals surface area (Å²) in [7, 11) is -2.06. The highest BCUT2D eigenvalue weighted by molar-refractivity contribution is 7.89. The zero-order valence-corrected chi connectivity index (χ0v) is 17.3. The van der Waals surface area contributed by atoms with Crippen molar-refractivity contribution in [1.82, 2.24) is 10.0 Å². The van der Waals surface area contributed by atoms with Crippen LogP contribution in [0.15, 0.2) is 29.2 Å². The summed E-state index contributed by atoms with van der Waals surface area (Å²) in [5.74, 6) is 2.46. The van der Waals surface area contributed by atoms with Crippen molar-refractivity contribution >= 4 is 15.9 Å². The van der Waals surface area contributed by atoms with Crippen LogP contribution >= 0.6 is 0 Å². The highest BCUT2D eigenvalue weighted by atomic mass is 32.2. The largest absolute Gasteiger partial charge is 0.383 e. The molecule has 4 aliphatic rings. The molecule has 1 amide bonds. The number of carbonyl (C=O) groups is 1. The van der Waals surface area contributed by atoms with Gasteiger partial charge in [0.05, 0.1) is 11.5 Å². The maximum atomic E-state index is 12.6. The van der Waals surface area contributed by atoms with Crippen LogP contribution in [0.2, 0.25) is 0 Å². The van der Waals surface area contributed by atoms with E-state index < -0.39 is 10.0 Å². The van der Waals surface area contributed by atoms with Gasteiger partial charge in [-0.25, -0.2) is 13.1 Å². The van der Waals surface area contributed by atoms with Gasteiger partial charge >= 0.3 is 0 Å². The van der Waals surface area contributed by atoms with E-state index in [1.807, 2.05) is 0 Å². The van der Waals surface area contributed by atoms with Crippen molar-refractivity contribution in [2.75, 3.05) is 26.8 Å². The summed E-state index contributed by atoms with van der Waals surface area (Å²) >= 11 is 0. The lowest BCUT2D eigenvalue weighted by Crippen LogP contribution is -2.51. The third-order valence-electron chi connectivity index (χ3n) is 6.81. The molecule has 7 heteroatoms. The summed E-state index contributed by atoms with van der Waals surface area (Å²) in [6.07, 6.45) is 7.93. The third kappa shape index (κ3) is 4.11. The second kappa shape index (κ2) is 7.76. The molecule has 4 fully saturated rings. The van der Waals surface area contributed by atoms with Crippen molar-refractivity contribution in [1.29, 1.82) is 0 Å². The average molecular weight is 407 g/mol. The molecule has 1 aromatic carbocycles. The van der Waals surface area contributed by atoms with Gasteiger partial charge in [0.1, 0.15) is 0 Å². The van der Waals surface area contributed by atoms with Crippen LogP contribution in [0.3, 0.4) is 0 Å². The van der Waals surface area contributed by atoms with Crippen LogP contribution in [0.4, 0.5) is 0 Å². The number of hydrogen-bond acceptors (Lipinski definition) is 4. The molecule has 154 valence electrons. The Kier molecular flexibility index (Phi) is 5.51. The second-order valence-electron chi connectivity index (χ2n) is 9.02.